The van der Waals surface area contributed by atoms with Crippen LogP contribution >= 0.6 is 0 Å². The second kappa shape index (κ2) is 9.68. The predicted octanol–water partition coefficient (Wildman–Crippen LogP) is 3.58. The van der Waals surface area contributed by atoms with Crippen LogP contribution in [0, 0.1) is 5.92 Å². The average molecular weight is 454 g/mol. The highest BCUT2D eigenvalue weighted by Gasteiger charge is 2.55. The maximum atomic E-state index is 13.5. The van der Waals surface area contributed by atoms with Gasteiger partial charge < -0.3 is 19.4 Å². The van der Waals surface area contributed by atoms with Crippen LogP contribution in [0.15, 0.2) is 53.1 Å². The molecule has 2 unspecified atom stereocenters. The molecule has 0 spiro atoms. The van der Waals surface area contributed by atoms with Crippen molar-refractivity contribution in [1.29, 1.82) is 0 Å². The first-order chi connectivity index (χ1) is 15.9. The summed E-state index contributed by atoms with van der Waals surface area (Å²) in [6.45, 7) is 4.94. The maximum Gasteiger partial charge on any atom is 0.325 e. The Balaban J connectivity index is 1.41. The number of para-hydroxylation sites is 1. The van der Waals surface area contributed by atoms with Crippen molar-refractivity contribution in [3.63, 3.8) is 0 Å². The monoisotopic (exact) mass is 453 g/mol. The summed E-state index contributed by atoms with van der Waals surface area (Å²) in [5.41, 5.74) is -0.931. The zero-order valence-corrected chi connectivity index (χ0v) is 19.2. The summed E-state index contributed by atoms with van der Waals surface area (Å²) >= 11 is 0. The van der Waals surface area contributed by atoms with E-state index < -0.39 is 11.6 Å². The van der Waals surface area contributed by atoms with E-state index in [0.29, 0.717) is 43.9 Å². The van der Waals surface area contributed by atoms with E-state index in [0.717, 1.165) is 6.42 Å². The number of benzene rings is 1. The Morgan fingerprint density at radius 3 is 2.55 bits per heavy atom. The molecule has 2 fully saturated rings. The molecule has 4 rings (SSSR count). The van der Waals surface area contributed by atoms with E-state index in [2.05, 4.69) is 5.32 Å². The summed E-state index contributed by atoms with van der Waals surface area (Å²) in [5.74, 6) is 0.925. The van der Waals surface area contributed by atoms with Crippen LogP contribution in [0.5, 0.6) is 5.75 Å². The SMILES string of the molecule is CCCC1(C2CCN(C(=O)C(C)Oc3ccccc3)CC2)NC(=O)N(Cc2ccco2)C1=O. The van der Waals surface area contributed by atoms with Gasteiger partial charge in [-0.2, -0.15) is 0 Å². The number of nitrogens with zero attached hydrogens (tertiary/aromatic N) is 2. The van der Waals surface area contributed by atoms with Crippen LogP contribution in [0.4, 0.5) is 4.79 Å². The van der Waals surface area contributed by atoms with Gasteiger partial charge in [-0.05, 0) is 56.4 Å². The number of nitrogens with one attached hydrogen (secondary N) is 1. The Hall–Kier alpha value is -3.29. The first-order valence-corrected chi connectivity index (χ1v) is 11.6. The van der Waals surface area contributed by atoms with Gasteiger partial charge in [-0.15, -0.1) is 0 Å². The molecular formula is C25H31N3O5. The third-order valence-corrected chi connectivity index (χ3v) is 6.65. The summed E-state index contributed by atoms with van der Waals surface area (Å²) in [6, 6.07) is 12.4. The molecule has 0 saturated carbocycles. The van der Waals surface area contributed by atoms with Gasteiger partial charge in [0, 0.05) is 13.1 Å². The molecule has 2 atom stereocenters. The van der Waals surface area contributed by atoms with Crippen molar-refractivity contribution in [2.24, 2.45) is 5.92 Å². The van der Waals surface area contributed by atoms with Crippen molar-refractivity contribution < 1.29 is 23.5 Å². The zero-order chi connectivity index (χ0) is 23.4. The molecule has 0 bridgehead atoms. The molecule has 2 aromatic rings. The minimum Gasteiger partial charge on any atom is -0.481 e. The molecule has 8 nitrogen and oxygen atoms in total. The van der Waals surface area contributed by atoms with E-state index in [1.807, 2.05) is 37.3 Å². The number of hydrogen-bond donors (Lipinski definition) is 1. The number of carbonyl (C=O) groups excluding carboxylic acids is 3. The number of ether oxygens (including phenoxy) is 1. The number of carbonyl (C=O) groups is 3. The maximum absolute atomic E-state index is 13.5. The highest BCUT2D eigenvalue weighted by Crippen LogP contribution is 2.37. The average Bonchev–Trinajstić information content (AvgIpc) is 3.42. The molecule has 2 aliphatic rings. The molecule has 1 N–H and O–H groups in total. The van der Waals surface area contributed by atoms with E-state index in [-0.39, 0.29) is 30.3 Å². The molecule has 1 aromatic heterocycles. The second-order valence-electron chi connectivity index (χ2n) is 8.79. The van der Waals surface area contributed by atoms with Gasteiger partial charge in [-0.3, -0.25) is 14.5 Å². The molecule has 0 radical (unpaired) electrons. The van der Waals surface area contributed by atoms with Crippen molar-refractivity contribution in [3.8, 4) is 5.75 Å². The first-order valence-electron chi connectivity index (χ1n) is 11.6. The van der Waals surface area contributed by atoms with Crippen molar-refractivity contribution >= 4 is 17.8 Å². The van der Waals surface area contributed by atoms with Crippen LogP contribution in [0.2, 0.25) is 0 Å². The second-order valence-corrected chi connectivity index (χ2v) is 8.79. The van der Waals surface area contributed by atoms with Gasteiger partial charge in [0.25, 0.3) is 11.8 Å². The fourth-order valence-corrected chi connectivity index (χ4v) is 4.99. The Morgan fingerprint density at radius 2 is 1.91 bits per heavy atom. The van der Waals surface area contributed by atoms with Gasteiger partial charge >= 0.3 is 6.03 Å². The molecule has 3 heterocycles. The van der Waals surface area contributed by atoms with Crippen LogP contribution in [-0.2, 0) is 16.1 Å². The number of hydrogen-bond acceptors (Lipinski definition) is 5. The first kappa shape index (κ1) is 22.9. The Bertz CT molecular complexity index is 969. The number of furan rings is 1. The van der Waals surface area contributed by atoms with Crippen molar-refractivity contribution in [2.45, 2.75) is 57.7 Å². The predicted molar refractivity (Wildman–Crippen MR) is 121 cm³/mol. The third kappa shape index (κ3) is 4.60. The van der Waals surface area contributed by atoms with Crippen LogP contribution in [0.1, 0.15) is 45.3 Å². The van der Waals surface area contributed by atoms with Crippen LogP contribution < -0.4 is 10.1 Å². The number of rotatable bonds is 8. The van der Waals surface area contributed by atoms with Crippen LogP contribution in [0.25, 0.3) is 0 Å². The molecule has 1 aromatic carbocycles. The van der Waals surface area contributed by atoms with E-state index >= 15 is 0 Å². The minimum atomic E-state index is -0.931. The van der Waals surface area contributed by atoms with Gasteiger partial charge in [0.05, 0.1) is 12.8 Å². The summed E-state index contributed by atoms with van der Waals surface area (Å²) < 4.78 is 11.1. The van der Waals surface area contributed by atoms with Crippen molar-refractivity contribution in [2.75, 3.05) is 13.1 Å². The van der Waals surface area contributed by atoms with E-state index in [9.17, 15) is 14.4 Å². The summed E-state index contributed by atoms with van der Waals surface area (Å²) in [7, 11) is 0. The molecule has 4 amide bonds. The molecule has 176 valence electrons. The fraction of sp³-hybridized carbons (Fsp3) is 0.480. The highest BCUT2D eigenvalue weighted by molar-refractivity contribution is 6.07. The topological polar surface area (TPSA) is 92.1 Å². The lowest BCUT2D eigenvalue weighted by molar-refractivity contribution is -0.141. The number of piperidine rings is 1. The van der Waals surface area contributed by atoms with E-state index in [4.69, 9.17) is 9.15 Å². The van der Waals surface area contributed by atoms with Gasteiger partial charge in [-0.25, -0.2) is 4.79 Å². The Labute approximate surface area is 193 Å². The summed E-state index contributed by atoms with van der Waals surface area (Å²) in [4.78, 5) is 42.2. The van der Waals surface area contributed by atoms with Crippen molar-refractivity contribution in [3.05, 3.63) is 54.5 Å². The smallest absolute Gasteiger partial charge is 0.325 e. The van der Waals surface area contributed by atoms with E-state index in [1.54, 1.807) is 24.0 Å². The molecule has 8 heteroatoms. The largest absolute Gasteiger partial charge is 0.481 e. The molecule has 0 aliphatic carbocycles. The van der Waals surface area contributed by atoms with Gasteiger partial charge in [-0.1, -0.05) is 31.5 Å². The van der Waals surface area contributed by atoms with Crippen LogP contribution in [-0.4, -0.2) is 52.4 Å². The lowest BCUT2D eigenvalue weighted by atomic mass is 9.74. The van der Waals surface area contributed by atoms with E-state index in [1.165, 1.54) is 11.2 Å². The quantitative estimate of drug-likeness (QED) is 0.617. The highest BCUT2D eigenvalue weighted by atomic mass is 16.5. The molecule has 2 saturated heterocycles. The van der Waals surface area contributed by atoms with Crippen molar-refractivity contribution in [1.82, 2.24) is 15.1 Å². The number of urea groups is 1. The minimum absolute atomic E-state index is 0.0371. The Kier molecular flexibility index (Phi) is 6.72. The number of imide groups is 1. The molecular weight excluding hydrogens is 422 g/mol. The standard InChI is InChI=1S/C25H31N3O5/c1-3-13-25(23(30)28(24(31)26-25)17-21-10-7-16-32-21)19-11-14-27(15-12-19)22(29)18(2)33-20-8-5-4-6-9-20/h4-10,16,18-19H,3,11-15,17H2,1-2H3,(H,26,31). The lowest BCUT2D eigenvalue weighted by Crippen LogP contribution is -2.57. The van der Waals surface area contributed by atoms with Crippen LogP contribution in [0.3, 0.4) is 0 Å². The fourth-order valence-electron chi connectivity index (χ4n) is 4.99. The number of likely N-dealkylation sites (tertiary alicyclic amines) is 1. The summed E-state index contributed by atoms with van der Waals surface area (Å²) in [6.07, 6.45) is 3.56. The van der Waals surface area contributed by atoms with Gasteiger partial charge in [0.2, 0.25) is 0 Å². The normalized spacial score (nSPS) is 22.4. The third-order valence-electron chi connectivity index (χ3n) is 6.65. The zero-order valence-electron chi connectivity index (χ0n) is 19.2. The van der Waals surface area contributed by atoms with Gasteiger partial charge in [0.15, 0.2) is 6.10 Å². The molecule has 33 heavy (non-hydrogen) atoms. The molecule has 2 aliphatic heterocycles. The number of amides is 4. The lowest BCUT2D eigenvalue weighted by Gasteiger charge is -2.41. The Morgan fingerprint density at radius 1 is 1.18 bits per heavy atom. The van der Waals surface area contributed by atoms with Gasteiger partial charge in [0.1, 0.15) is 17.0 Å². The summed E-state index contributed by atoms with van der Waals surface area (Å²) in [5, 5.41) is 3.02.